The molecule has 0 radical (unpaired) electrons. The molecule has 0 aliphatic rings. The summed E-state index contributed by atoms with van der Waals surface area (Å²) in [5, 5.41) is 16.8. The summed E-state index contributed by atoms with van der Waals surface area (Å²) in [6.45, 7) is 0. The number of carboxylic acid groups (broad SMARTS) is 1. The topological polar surface area (TPSA) is 83.5 Å². The first-order valence-corrected chi connectivity index (χ1v) is 4.71. The van der Waals surface area contributed by atoms with Crippen LogP contribution in [0.25, 0.3) is 0 Å². The Bertz CT molecular complexity index is 199. The third-order valence-corrected chi connectivity index (χ3v) is 2.41. The fourth-order valence-corrected chi connectivity index (χ4v) is 1.42. The summed E-state index contributed by atoms with van der Waals surface area (Å²) >= 11 is 0.649. The predicted octanol–water partition coefficient (Wildman–Crippen LogP) is 0.0547. The molecule has 0 spiro atoms. The second-order valence-electron chi connectivity index (χ2n) is 2.54. The van der Waals surface area contributed by atoms with Crippen molar-refractivity contribution in [3.63, 3.8) is 0 Å². The Kier molecular flexibility index (Phi) is 5.24. The summed E-state index contributed by atoms with van der Waals surface area (Å²) in [5.41, 5.74) is 5.03. The number of hydrogen-bond acceptors (Lipinski definition) is 4. The fraction of sp³-hybridized carbons (Fsp3) is 0.833. The number of halogens is 3. The zero-order valence-electron chi connectivity index (χ0n) is 6.99. The number of aliphatic hydroxyl groups excluding tert-OH is 1. The molecule has 0 heterocycles. The van der Waals surface area contributed by atoms with Crippen LogP contribution in [-0.4, -0.2) is 46.0 Å². The number of aliphatic carboxylic acids is 1. The lowest BCUT2D eigenvalue weighted by Gasteiger charge is -2.14. The number of carbonyl (C=O) groups is 1. The normalized spacial score (nSPS) is 16.4. The van der Waals surface area contributed by atoms with Crippen molar-refractivity contribution in [1.29, 1.82) is 0 Å². The van der Waals surface area contributed by atoms with Gasteiger partial charge in [0.05, 0.1) is 0 Å². The summed E-state index contributed by atoms with van der Waals surface area (Å²) in [6, 6.07) is -1.21. The van der Waals surface area contributed by atoms with Crippen LogP contribution in [0.4, 0.5) is 13.2 Å². The van der Waals surface area contributed by atoms with Crippen LogP contribution in [0.15, 0.2) is 0 Å². The summed E-state index contributed by atoms with van der Waals surface area (Å²) in [6.07, 6.45) is -7.10. The molecule has 0 saturated heterocycles. The van der Waals surface area contributed by atoms with Crippen LogP contribution in [0.3, 0.4) is 0 Å². The third kappa shape index (κ3) is 5.30. The molecule has 0 bridgehead atoms. The van der Waals surface area contributed by atoms with Crippen molar-refractivity contribution < 1.29 is 28.2 Å². The van der Waals surface area contributed by atoms with Gasteiger partial charge in [-0.15, -0.1) is 0 Å². The zero-order valence-corrected chi connectivity index (χ0v) is 7.81. The standard InChI is InChI=1S/C6H10F3NO3S/c7-6(8,9)4(11)2-14-1-3(10)5(12)13/h3-4,11H,1-2,10H2,(H,12,13)/t3-,4?/m0/s1. The molecule has 0 amide bonds. The van der Waals surface area contributed by atoms with Gasteiger partial charge in [-0.05, 0) is 0 Å². The summed E-state index contributed by atoms with van der Waals surface area (Å²) in [4.78, 5) is 10.1. The minimum Gasteiger partial charge on any atom is -0.480 e. The SMILES string of the molecule is N[C@@H](CSCC(O)C(F)(F)F)C(=O)O. The number of aliphatic hydroxyl groups is 1. The molecule has 0 rings (SSSR count). The van der Waals surface area contributed by atoms with Gasteiger partial charge in [0.2, 0.25) is 0 Å². The molecule has 84 valence electrons. The van der Waals surface area contributed by atoms with E-state index < -0.39 is 30.0 Å². The van der Waals surface area contributed by atoms with E-state index in [4.69, 9.17) is 15.9 Å². The Labute approximate surface area is 82.3 Å². The lowest BCUT2D eigenvalue weighted by molar-refractivity contribution is -0.195. The molecule has 14 heavy (non-hydrogen) atoms. The lowest BCUT2D eigenvalue weighted by Crippen LogP contribution is -2.35. The van der Waals surface area contributed by atoms with Gasteiger partial charge >= 0.3 is 12.1 Å². The quantitative estimate of drug-likeness (QED) is 0.625. The first-order valence-electron chi connectivity index (χ1n) is 3.56. The Hall–Kier alpha value is -0.470. The van der Waals surface area contributed by atoms with Gasteiger partial charge in [0.25, 0.3) is 0 Å². The molecule has 2 atom stereocenters. The van der Waals surface area contributed by atoms with Crippen LogP contribution in [0.5, 0.6) is 0 Å². The van der Waals surface area contributed by atoms with Crippen LogP contribution in [0.2, 0.25) is 0 Å². The highest BCUT2D eigenvalue weighted by Gasteiger charge is 2.37. The monoisotopic (exact) mass is 233 g/mol. The smallest absolute Gasteiger partial charge is 0.415 e. The van der Waals surface area contributed by atoms with Crippen molar-refractivity contribution in [2.75, 3.05) is 11.5 Å². The van der Waals surface area contributed by atoms with Crippen molar-refractivity contribution >= 4 is 17.7 Å². The number of hydrogen-bond donors (Lipinski definition) is 3. The van der Waals surface area contributed by atoms with Crippen LogP contribution >= 0.6 is 11.8 Å². The first-order chi connectivity index (χ1) is 6.25. The van der Waals surface area contributed by atoms with Crippen molar-refractivity contribution in [3.05, 3.63) is 0 Å². The van der Waals surface area contributed by atoms with E-state index in [1.54, 1.807) is 0 Å². The summed E-state index contributed by atoms with van der Waals surface area (Å²) < 4.78 is 35.2. The molecule has 0 aliphatic heterocycles. The molecule has 0 saturated carbocycles. The number of nitrogens with two attached hydrogens (primary N) is 1. The van der Waals surface area contributed by atoms with Crippen LogP contribution in [0, 0.1) is 0 Å². The molecule has 8 heteroatoms. The molecule has 0 aliphatic carbocycles. The molecule has 1 unspecified atom stereocenters. The van der Waals surface area contributed by atoms with Crippen LogP contribution in [-0.2, 0) is 4.79 Å². The molecule has 0 aromatic carbocycles. The van der Waals surface area contributed by atoms with E-state index in [1.807, 2.05) is 0 Å². The average Bonchev–Trinajstić information content (AvgIpc) is 2.01. The maximum Gasteiger partial charge on any atom is 0.415 e. The van der Waals surface area contributed by atoms with Gasteiger partial charge in [-0.3, -0.25) is 4.79 Å². The van der Waals surface area contributed by atoms with E-state index in [0.717, 1.165) is 0 Å². The molecule has 0 fully saturated rings. The highest BCUT2D eigenvalue weighted by atomic mass is 32.2. The van der Waals surface area contributed by atoms with E-state index in [2.05, 4.69) is 0 Å². The molecular weight excluding hydrogens is 223 g/mol. The van der Waals surface area contributed by atoms with Crippen molar-refractivity contribution in [3.8, 4) is 0 Å². The molecule has 4 N–H and O–H groups in total. The molecule has 4 nitrogen and oxygen atoms in total. The maximum atomic E-state index is 11.7. The average molecular weight is 233 g/mol. The van der Waals surface area contributed by atoms with E-state index in [9.17, 15) is 18.0 Å². The Morgan fingerprint density at radius 1 is 1.43 bits per heavy atom. The van der Waals surface area contributed by atoms with E-state index in [0.29, 0.717) is 11.8 Å². The van der Waals surface area contributed by atoms with Crippen molar-refractivity contribution in [2.24, 2.45) is 5.73 Å². The highest BCUT2D eigenvalue weighted by Crippen LogP contribution is 2.22. The van der Waals surface area contributed by atoms with Gasteiger partial charge in [0, 0.05) is 11.5 Å². The van der Waals surface area contributed by atoms with Gasteiger partial charge < -0.3 is 15.9 Å². The van der Waals surface area contributed by atoms with Crippen molar-refractivity contribution in [1.82, 2.24) is 0 Å². The molecule has 0 aromatic rings. The number of rotatable bonds is 5. The van der Waals surface area contributed by atoms with Crippen LogP contribution in [0.1, 0.15) is 0 Å². The van der Waals surface area contributed by atoms with Gasteiger partial charge in [-0.1, -0.05) is 0 Å². The second kappa shape index (κ2) is 5.42. The Morgan fingerprint density at radius 3 is 2.29 bits per heavy atom. The van der Waals surface area contributed by atoms with Gasteiger partial charge in [0.15, 0.2) is 6.10 Å². The largest absolute Gasteiger partial charge is 0.480 e. The predicted molar refractivity (Wildman–Crippen MR) is 45.0 cm³/mol. The Balaban J connectivity index is 3.70. The highest BCUT2D eigenvalue weighted by molar-refractivity contribution is 7.99. The summed E-state index contributed by atoms with van der Waals surface area (Å²) in [5.74, 6) is -2.05. The van der Waals surface area contributed by atoms with Crippen molar-refractivity contribution in [2.45, 2.75) is 18.3 Å². The fourth-order valence-electron chi connectivity index (χ4n) is 0.472. The Morgan fingerprint density at radius 2 is 1.93 bits per heavy atom. The number of carboxylic acids is 1. The molecule has 0 aromatic heterocycles. The molecular formula is C6H10F3NO3S. The zero-order chi connectivity index (χ0) is 11.4. The maximum absolute atomic E-state index is 11.7. The van der Waals surface area contributed by atoms with Gasteiger partial charge in [0.1, 0.15) is 6.04 Å². The minimum atomic E-state index is -4.67. The van der Waals surface area contributed by atoms with E-state index >= 15 is 0 Å². The summed E-state index contributed by atoms with van der Waals surface area (Å²) in [7, 11) is 0. The van der Waals surface area contributed by atoms with Crippen LogP contribution < -0.4 is 5.73 Å². The number of alkyl halides is 3. The van der Waals surface area contributed by atoms with Gasteiger partial charge in [-0.25, -0.2) is 0 Å². The third-order valence-electron chi connectivity index (χ3n) is 1.27. The van der Waals surface area contributed by atoms with E-state index in [-0.39, 0.29) is 5.75 Å². The van der Waals surface area contributed by atoms with Gasteiger partial charge in [-0.2, -0.15) is 24.9 Å². The number of thioether (sulfide) groups is 1. The first kappa shape index (κ1) is 13.5. The van der Waals surface area contributed by atoms with E-state index in [1.165, 1.54) is 0 Å². The minimum absolute atomic E-state index is 0.164. The second-order valence-corrected chi connectivity index (χ2v) is 3.61. The lowest BCUT2D eigenvalue weighted by atomic mass is 10.4.